The van der Waals surface area contributed by atoms with Crippen molar-refractivity contribution in [1.82, 2.24) is 4.98 Å². The van der Waals surface area contributed by atoms with Crippen LogP contribution in [-0.4, -0.2) is 22.5 Å². The number of pyridine rings is 1. The molecule has 5 rings (SSSR count). The number of esters is 1. The average Bonchev–Trinajstić information content (AvgIpc) is 3.53. The first-order valence-electron chi connectivity index (χ1n) is 12.8. The van der Waals surface area contributed by atoms with Gasteiger partial charge in [-0.3, -0.25) is 14.4 Å². The van der Waals surface area contributed by atoms with Gasteiger partial charge in [0.2, 0.25) is 0 Å². The number of carbonyl (C=O) groups is 3. The zero-order chi connectivity index (χ0) is 26.2. The van der Waals surface area contributed by atoms with Crippen LogP contribution in [0.25, 0.3) is 0 Å². The molecule has 0 radical (unpaired) electrons. The molecule has 1 saturated carbocycles. The van der Waals surface area contributed by atoms with Gasteiger partial charge in [0.05, 0.1) is 22.8 Å². The number of hydrogen-bond donors (Lipinski definition) is 0. The summed E-state index contributed by atoms with van der Waals surface area (Å²) in [5.41, 5.74) is 3.17. The monoisotopic (exact) mass is 517 g/mol. The van der Waals surface area contributed by atoms with Gasteiger partial charge in [0.15, 0.2) is 11.6 Å². The Balaban J connectivity index is 1.50. The molecular formula is C30H31NO5S. The number of rotatable bonds is 6. The zero-order valence-electron chi connectivity index (χ0n) is 21.4. The number of nitrogens with zero attached hydrogens (tertiary/aromatic N) is 1. The fourth-order valence-electron chi connectivity index (χ4n) is 6.23. The molecule has 3 heterocycles. The second kappa shape index (κ2) is 10.3. The van der Waals surface area contributed by atoms with E-state index in [9.17, 15) is 14.4 Å². The predicted octanol–water partition coefficient (Wildman–Crippen LogP) is 6.57. The van der Waals surface area contributed by atoms with Crippen molar-refractivity contribution in [2.24, 2.45) is 17.3 Å². The summed E-state index contributed by atoms with van der Waals surface area (Å²) in [5, 5.41) is 0.668. The summed E-state index contributed by atoms with van der Waals surface area (Å²) in [6.07, 6.45) is 10.7. The van der Waals surface area contributed by atoms with E-state index in [1.54, 1.807) is 18.7 Å². The molecule has 2 fully saturated rings. The molecule has 0 aromatic carbocycles. The molecule has 1 aliphatic heterocycles. The van der Waals surface area contributed by atoms with E-state index in [-0.39, 0.29) is 35.5 Å². The second-order valence-corrected chi connectivity index (χ2v) is 11.4. The summed E-state index contributed by atoms with van der Waals surface area (Å²) in [5.74, 6) is -0.449. The lowest BCUT2D eigenvalue weighted by molar-refractivity contribution is -0.154. The molecule has 2 aliphatic carbocycles. The standard InChI is InChI=1S/C30H31NO5S/c1-18(2)21-8-7-19(3)30(16-26(36-29(30)34)20-13-15-35-17-20)23(21)10-9-22-24(32)11-12-25(33)28(22)37-27-6-4-5-14-31-27/h4-6,11-15,17,19,23,26H,7-10,16H2,1-3H3/t19-,23+,26+,30-/m1/s1. The minimum atomic E-state index is -0.681. The third-order valence-corrected chi connectivity index (χ3v) is 9.29. The molecule has 3 aliphatic rings. The first-order chi connectivity index (χ1) is 17.8. The number of hydrogen-bond acceptors (Lipinski definition) is 7. The maximum Gasteiger partial charge on any atom is 0.313 e. The molecule has 0 N–H and O–H groups in total. The molecular weight excluding hydrogens is 486 g/mol. The quantitative estimate of drug-likeness (QED) is 0.243. The molecule has 0 bridgehead atoms. The Hall–Kier alpha value is -3.19. The van der Waals surface area contributed by atoms with Crippen LogP contribution in [0.2, 0.25) is 0 Å². The first-order valence-corrected chi connectivity index (χ1v) is 13.6. The van der Waals surface area contributed by atoms with Crippen LogP contribution < -0.4 is 0 Å². The third-order valence-electron chi connectivity index (χ3n) is 8.19. The largest absolute Gasteiger partial charge is 0.472 e. The van der Waals surface area contributed by atoms with E-state index in [2.05, 4.69) is 25.8 Å². The van der Waals surface area contributed by atoms with E-state index < -0.39 is 5.41 Å². The van der Waals surface area contributed by atoms with Gasteiger partial charge in [-0.25, -0.2) is 4.98 Å². The van der Waals surface area contributed by atoms with E-state index in [1.165, 1.54) is 35.1 Å². The van der Waals surface area contributed by atoms with E-state index in [0.717, 1.165) is 18.4 Å². The second-order valence-electron chi connectivity index (χ2n) is 10.4. The van der Waals surface area contributed by atoms with E-state index in [0.29, 0.717) is 34.8 Å². The highest BCUT2D eigenvalue weighted by Crippen LogP contribution is 2.59. The Morgan fingerprint density at radius 2 is 1.95 bits per heavy atom. The van der Waals surface area contributed by atoms with Gasteiger partial charge in [0, 0.05) is 23.8 Å². The molecule has 6 nitrogen and oxygen atoms in total. The molecule has 2 aromatic heterocycles. The number of allylic oxidation sites excluding steroid dienone is 6. The normalized spacial score (nSPS) is 27.8. The van der Waals surface area contributed by atoms with Gasteiger partial charge in [-0.15, -0.1) is 0 Å². The average molecular weight is 518 g/mol. The summed E-state index contributed by atoms with van der Waals surface area (Å²) in [7, 11) is 0. The minimum absolute atomic E-state index is 0.0759. The van der Waals surface area contributed by atoms with Crippen LogP contribution in [0.15, 0.2) is 86.2 Å². The van der Waals surface area contributed by atoms with Crippen LogP contribution in [0.3, 0.4) is 0 Å². The highest BCUT2D eigenvalue weighted by molar-refractivity contribution is 8.04. The summed E-state index contributed by atoms with van der Waals surface area (Å²) < 4.78 is 11.3. The van der Waals surface area contributed by atoms with Crippen molar-refractivity contribution in [3.8, 4) is 0 Å². The lowest BCUT2D eigenvalue weighted by atomic mass is 9.55. The van der Waals surface area contributed by atoms with Crippen molar-refractivity contribution in [3.63, 3.8) is 0 Å². The zero-order valence-corrected chi connectivity index (χ0v) is 22.2. The van der Waals surface area contributed by atoms with Gasteiger partial charge in [-0.1, -0.05) is 35.9 Å². The summed E-state index contributed by atoms with van der Waals surface area (Å²) in [6, 6.07) is 7.35. The SMILES string of the molecule is CC(C)=C1CC[C@@H](C)[C@]2(C[C@@H](c3ccoc3)OC2=O)[C@H]1CCC1=C(Sc2ccccn2)C(=O)C=CC1=O. The van der Waals surface area contributed by atoms with Crippen LogP contribution >= 0.6 is 11.8 Å². The van der Waals surface area contributed by atoms with Crippen molar-refractivity contribution in [1.29, 1.82) is 0 Å². The number of thioether (sulfide) groups is 1. The number of ether oxygens (including phenoxy) is 1. The summed E-state index contributed by atoms with van der Waals surface area (Å²) in [6.45, 7) is 6.34. The lowest BCUT2D eigenvalue weighted by Gasteiger charge is -2.45. The summed E-state index contributed by atoms with van der Waals surface area (Å²) >= 11 is 1.23. The van der Waals surface area contributed by atoms with Crippen molar-refractivity contribution >= 4 is 29.3 Å². The van der Waals surface area contributed by atoms with E-state index in [1.807, 2.05) is 24.3 Å². The van der Waals surface area contributed by atoms with Gasteiger partial charge in [-0.05, 0) is 81.7 Å². The lowest BCUT2D eigenvalue weighted by Crippen LogP contribution is -2.45. The van der Waals surface area contributed by atoms with Crippen molar-refractivity contribution in [3.05, 3.63) is 82.3 Å². The van der Waals surface area contributed by atoms with Crippen molar-refractivity contribution in [2.75, 3.05) is 0 Å². The van der Waals surface area contributed by atoms with Crippen LogP contribution in [-0.2, 0) is 19.1 Å². The van der Waals surface area contributed by atoms with E-state index >= 15 is 0 Å². The number of carbonyl (C=O) groups excluding carboxylic acids is 3. The van der Waals surface area contributed by atoms with E-state index in [4.69, 9.17) is 9.15 Å². The molecule has 192 valence electrons. The van der Waals surface area contributed by atoms with Crippen LogP contribution in [0.5, 0.6) is 0 Å². The number of aromatic nitrogens is 1. The maximum absolute atomic E-state index is 13.7. The summed E-state index contributed by atoms with van der Waals surface area (Å²) in [4.78, 5) is 44.3. The Kier molecular flexibility index (Phi) is 7.08. The van der Waals surface area contributed by atoms with Gasteiger partial charge in [0.1, 0.15) is 11.1 Å². The molecule has 0 amide bonds. The molecule has 4 atom stereocenters. The predicted molar refractivity (Wildman–Crippen MR) is 140 cm³/mol. The van der Waals surface area contributed by atoms with Crippen LogP contribution in [0, 0.1) is 17.3 Å². The fraction of sp³-hybridized carbons (Fsp3) is 0.400. The molecule has 0 unspecified atom stereocenters. The Morgan fingerprint density at radius 3 is 2.65 bits per heavy atom. The van der Waals surface area contributed by atoms with Gasteiger partial charge >= 0.3 is 5.97 Å². The topological polar surface area (TPSA) is 86.5 Å². The Labute approximate surface area is 221 Å². The number of furan rings is 1. The van der Waals surface area contributed by atoms with Crippen LogP contribution in [0.1, 0.15) is 64.5 Å². The molecule has 1 saturated heterocycles. The smallest absolute Gasteiger partial charge is 0.313 e. The highest BCUT2D eigenvalue weighted by atomic mass is 32.2. The molecule has 1 spiro atoms. The van der Waals surface area contributed by atoms with Crippen molar-refractivity contribution < 1.29 is 23.5 Å². The Morgan fingerprint density at radius 1 is 1.14 bits per heavy atom. The molecule has 2 aromatic rings. The highest BCUT2D eigenvalue weighted by Gasteiger charge is 2.59. The maximum atomic E-state index is 13.7. The van der Waals surface area contributed by atoms with Crippen LogP contribution in [0.4, 0.5) is 0 Å². The number of ketones is 2. The Bertz CT molecular complexity index is 1300. The molecule has 37 heavy (non-hydrogen) atoms. The third kappa shape index (κ3) is 4.65. The van der Waals surface area contributed by atoms with Gasteiger partial charge in [-0.2, -0.15) is 0 Å². The first kappa shape index (κ1) is 25.5. The number of cyclic esters (lactones) is 1. The van der Waals surface area contributed by atoms with Gasteiger partial charge < -0.3 is 9.15 Å². The van der Waals surface area contributed by atoms with Crippen molar-refractivity contribution in [2.45, 2.75) is 64.0 Å². The minimum Gasteiger partial charge on any atom is -0.472 e. The fourth-order valence-corrected chi connectivity index (χ4v) is 7.19. The van der Waals surface area contributed by atoms with Gasteiger partial charge in [0.25, 0.3) is 0 Å². The molecule has 7 heteroatoms.